The molecule has 0 aromatic heterocycles. The molecular weight excluding hydrogens is 210 g/mol. The van der Waals surface area contributed by atoms with Crippen LogP contribution in [0.4, 0.5) is 0 Å². The van der Waals surface area contributed by atoms with E-state index in [-0.39, 0.29) is 11.1 Å². The third-order valence-electron chi connectivity index (χ3n) is 3.32. The van der Waals surface area contributed by atoms with Crippen LogP contribution in [0.3, 0.4) is 0 Å². The van der Waals surface area contributed by atoms with Crippen molar-refractivity contribution < 1.29 is 4.74 Å². The predicted octanol–water partition coefficient (Wildman–Crippen LogP) is 4.26. The highest BCUT2D eigenvalue weighted by molar-refractivity contribution is 4.92. The fourth-order valence-corrected chi connectivity index (χ4v) is 2.96. The van der Waals surface area contributed by atoms with Crippen molar-refractivity contribution in [3.8, 4) is 0 Å². The second-order valence-corrected chi connectivity index (χ2v) is 5.50. The van der Waals surface area contributed by atoms with Crippen LogP contribution in [0.5, 0.6) is 0 Å². The fourth-order valence-electron chi connectivity index (χ4n) is 2.96. The van der Waals surface area contributed by atoms with Crippen LogP contribution >= 0.6 is 0 Å². The predicted molar refractivity (Wildman–Crippen MR) is 76.2 cm³/mol. The Morgan fingerprint density at radius 2 is 1.71 bits per heavy atom. The van der Waals surface area contributed by atoms with Gasteiger partial charge in [0.2, 0.25) is 0 Å². The average Bonchev–Trinajstić information content (AvgIpc) is 2.17. The maximum absolute atomic E-state index is 5.78. The zero-order chi connectivity index (χ0) is 13.4. The Morgan fingerprint density at radius 3 is 2.12 bits per heavy atom. The Labute approximate surface area is 108 Å². The van der Waals surface area contributed by atoms with Gasteiger partial charge >= 0.3 is 0 Å². The largest absolute Gasteiger partial charge is 0.496 e. The molecule has 0 saturated heterocycles. The summed E-state index contributed by atoms with van der Waals surface area (Å²) in [4.78, 5) is 0. The second kappa shape index (κ2) is 7.75. The molecule has 0 aromatic carbocycles. The van der Waals surface area contributed by atoms with Crippen molar-refractivity contribution in [2.45, 2.75) is 77.9 Å². The lowest BCUT2D eigenvalue weighted by Gasteiger charge is -2.39. The number of hydrogen-bond acceptors (Lipinski definition) is 2. The van der Waals surface area contributed by atoms with Crippen molar-refractivity contribution in [2.24, 2.45) is 0 Å². The van der Waals surface area contributed by atoms with Gasteiger partial charge in [0.25, 0.3) is 0 Å². The molecule has 0 aromatic rings. The summed E-state index contributed by atoms with van der Waals surface area (Å²) in [6.07, 6.45) is 7.21. The van der Waals surface area contributed by atoms with E-state index in [2.05, 4.69) is 46.5 Å². The van der Waals surface area contributed by atoms with Gasteiger partial charge in [-0.2, -0.15) is 0 Å². The quantitative estimate of drug-likeness (QED) is 0.577. The highest BCUT2D eigenvalue weighted by Gasteiger charge is 2.34. The normalized spacial score (nSPS) is 18.2. The van der Waals surface area contributed by atoms with Gasteiger partial charge in [-0.15, -0.1) is 0 Å². The Morgan fingerprint density at radius 1 is 1.12 bits per heavy atom. The van der Waals surface area contributed by atoms with Crippen LogP contribution in [-0.2, 0) is 4.74 Å². The van der Waals surface area contributed by atoms with Crippen molar-refractivity contribution in [3.63, 3.8) is 0 Å². The molecule has 2 heteroatoms. The fraction of sp³-hybridized carbons (Fsp3) is 0.867. The minimum absolute atomic E-state index is 0.0947. The number of ether oxygens (including phenoxy) is 1. The minimum atomic E-state index is -0.0947. The van der Waals surface area contributed by atoms with Gasteiger partial charge in [0.1, 0.15) is 5.60 Å². The van der Waals surface area contributed by atoms with Crippen LogP contribution in [0.25, 0.3) is 0 Å². The Balaban J connectivity index is 4.70. The van der Waals surface area contributed by atoms with E-state index < -0.39 is 0 Å². The molecule has 0 bridgehead atoms. The summed E-state index contributed by atoms with van der Waals surface area (Å²) in [6, 6.07) is 0. The maximum atomic E-state index is 5.78. The van der Waals surface area contributed by atoms with E-state index in [1.165, 1.54) is 12.8 Å². The van der Waals surface area contributed by atoms with Gasteiger partial charge in [0.15, 0.2) is 0 Å². The van der Waals surface area contributed by atoms with Crippen LogP contribution < -0.4 is 5.32 Å². The molecule has 1 N–H and O–H groups in total. The van der Waals surface area contributed by atoms with E-state index in [4.69, 9.17) is 4.74 Å². The highest BCUT2D eigenvalue weighted by Crippen LogP contribution is 2.31. The monoisotopic (exact) mass is 241 g/mol. The Kier molecular flexibility index (Phi) is 7.53. The zero-order valence-corrected chi connectivity index (χ0v) is 12.4. The number of rotatable bonds is 10. The summed E-state index contributed by atoms with van der Waals surface area (Å²) < 4.78 is 5.78. The van der Waals surface area contributed by atoms with Gasteiger partial charge in [-0.3, -0.25) is 0 Å². The first-order valence-electron chi connectivity index (χ1n) is 6.99. The summed E-state index contributed by atoms with van der Waals surface area (Å²) in [5.41, 5.74) is 0.0685. The van der Waals surface area contributed by atoms with Crippen LogP contribution in [-0.4, -0.2) is 17.7 Å². The number of nitrogens with one attached hydrogen (secondary N) is 1. The van der Waals surface area contributed by atoms with Crippen LogP contribution in [0.15, 0.2) is 12.8 Å². The summed E-state index contributed by atoms with van der Waals surface area (Å²) >= 11 is 0. The van der Waals surface area contributed by atoms with Crippen molar-refractivity contribution in [1.29, 1.82) is 0 Å². The van der Waals surface area contributed by atoms with Gasteiger partial charge in [0.05, 0.1) is 6.26 Å². The van der Waals surface area contributed by atoms with Gasteiger partial charge in [0, 0.05) is 12.0 Å². The van der Waals surface area contributed by atoms with Gasteiger partial charge < -0.3 is 10.1 Å². The summed E-state index contributed by atoms with van der Waals surface area (Å²) in [5.74, 6) is 0. The minimum Gasteiger partial charge on any atom is -0.496 e. The zero-order valence-electron chi connectivity index (χ0n) is 12.4. The molecule has 0 saturated carbocycles. The van der Waals surface area contributed by atoms with Gasteiger partial charge in [-0.1, -0.05) is 40.2 Å². The molecule has 17 heavy (non-hydrogen) atoms. The Bertz CT molecular complexity index is 209. The lowest BCUT2D eigenvalue weighted by atomic mass is 9.81. The van der Waals surface area contributed by atoms with Crippen LogP contribution in [0.2, 0.25) is 0 Å². The van der Waals surface area contributed by atoms with Crippen molar-refractivity contribution in [3.05, 3.63) is 12.8 Å². The highest BCUT2D eigenvalue weighted by atomic mass is 16.5. The van der Waals surface area contributed by atoms with Crippen molar-refractivity contribution in [1.82, 2.24) is 5.32 Å². The SMILES string of the molecule is C=COC(C)(CCC)CC(C)(CCC)NCC. The topological polar surface area (TPSA) is 21.3 Å². The molecule has 2 atom stereocenters. The maximum Gasteiger partial charge on any atom is 0.107 e. The lowest BCUT2D eigenvalue weighted by Crippen LogP contribution is -2.48. The van der Waals surface area contributed by atoms with Gasteiger partial charge in [-0.05, 0) is 33.2 Å². The molecule has 0 aliphatic carbocycles. The first-order valence-corrected chi connectivity index (χ1v) is 6.99. The molecular formula is C15H31NO. The van der Waals surface area contributed by atoms with E-state index >= 15 is 0 Å². The summed E-state index contributed by atoms with van der Waals surface area (Å²) in [6.45, 7) is 15.8. The summed E-state index contributed by atoms with van der Waals surface area (Å²) in [7, 11) is 0. The van der Waals surface area contributed by atoms with E-state index in [0.29, 0.717) is 0 Å². The third kappa shape index (κ3) is 6.11. The first-order chi connectivity index (χ1) is 7.95. The molecule has 2 nitrogen and oxygen atoms in total. The van der Waals surface area contributed by atoms with E-state index in [1.54, 1.807) is 6.26 Å². The second-order valence-electron chi connectivity index (χ2n) is 5.50. The molecule has 102 valence electrons. The standard InChI is InChI=1S/C15H31NO/c1-7-11-14(5,16-9-3)13-15(6,12-8-2)17-10-4/h10,16H,4,7-9,11-13H2,1-3,5-6H3. The average molecular weight is 241 g/mol. The van der Waals surface area contributed by atoms with Crippen molar-refractivity contribution >= 4 is 0 Å². The molecule has 0 aliphatic rings. The van der Waals surface area contributed by atoms with Crippen molar-refractivity contribution in [2.75, 3.05) is 6.54 Å². The lowest BCUT2D eigenvalue weighted by molar-refractivity contribution is -0.00201. The molecule has 0 amide bonds. The molecule has 0 rings (SSSR count). The van der Waals surface area contributed by atoms with E-state index in [9.17, 15) is 0 Å². The van der Waals surface area contributed by atoms with Crippen LogP contribution in [0, 0.1) is 0 Å². The third-order valence-corrected chi connectivity index (χ3v) is 3.32. The summed E-state index contributed by atoms with van der Waals surface area (Å²) in [5, 5.41) is 3.62. The van der Waals surface area contributed by atoms with Crippen LogP contribution in [0.1, 0.15) is 66.7 Å². The first kappa shape index (κ1) is 16.5. The molecule has 0 aliphatic heterocycles. The molecule has 0 fully saturated rings. The van der Waals surface area contributed by atoms with E-state index in [1.807, 2.05) is 0 Å². The molecule has 0 heterocycles. The number of hydrogen-bond donors (Lipinski definition) is 1. The van der Waals surface area contributed by atoms with E-state index in [0.717, 1.165) is 25.8 Å². The Hall–Kier alpha value is -0.500. The van der Waals surface area contributed by atoms with Gasteiger partial charge in [-0.25, -0.2) is 0 Å². The smallest absolute Gasteiger partial charge is 0.107 e. The molecule has 0 radical (unpaired) electrons. The molecule has 2 unspecified atom stereocenters. The molecule has 0 spiro atoms.